The minimum absolute atomic E-state index is 0.269. The van der Waals surface area contributed by atoms with Crippen LogP contribution in [0.2, 0.25) is 0 Å². The summed E-state index contributed by atoms with van der Waals surface area (Å²) in [6.45, 7) is 1.86. The van der Waals surface area contributed by atoms with Crippen molar-refractivity contribution in [3.63, 3.8) is 0 Å². The fourth-order valence-corrected chi connectivity index (χ4v) is 2.14. The van der Waals surface area contributed by atoms with Crippen LogP contribution in [-0.4, -0.2) is 20.9 Å². The Bertz CT molecular complexity index is 602. The highest BCUT2D eigenvalue weighted by molar-refractivity contribution is 7.99. The molecule has 0 saturated heterocycles. The first-order chi connectivity index (χ1) is 8.56. The zero-order chi connectivity index (χ0) is 13.1. The van der Waals surface area contributed by atoms with E-state index in [9.17, 15) is 4.79 Å². The monoisotopic (exact) mass is 261 g/mol. The Morgan fingerprint density at radius 3 is 2.83 bits per heavy atom. The fraction of sp³-hybridized carbons (Fsp3) is 0.0909. The van der Waals surface area contributed by atoms with E-state index >= 15 is 0 Å². The van der Waals surface area contributed by atoms with Gasteiger partial charge < -0.3 is 11.5 Å². The number of nitrogens with zero attached hydrogens (tertiary/aromatic N) is 3. The van der Waals surface area contributed by atoms with Crippen LogP contribution >= 0.6 is 11.8 Å². The van der Waals surface area contributed by atoms with E-state index in [4.69, 9.17) is 11.5 Å². The Balaban J connectivity index is 2.37. The van der Waals surface area contributed by atoms with E-state index in [1.165, 1.54) is 24.0 Å². The third-order valence-corrected chi connectivity index (χ3v) is 3.00. The summed E-state index contributed by atoms with van der Waals surface area (Å²) in [4.78, 5) is 23.7. The molecule has 0 atom stereocenters. The van der Waals surface area contributed by atoms with Gasteiger partial charge in [-0.15, -0.1) is 0 Å². The van der Waals surface area contributed by atoms with Crippen LogP contribution in [-0.2, 0) is 0 Å². The highest BCUT2D eigenvalue weighted by Crippen LogP contribution is 2.26. The predicted molar refractivity (Wildman–Crippen MR) is 68.1 cm³/mol. The molecule has 2 heterocycles. The van der Waals surface area contributed by atoms with Crippen LogP contribution in [0, 0.1) is 6.92 Å². The van der Waals surface area contributed by atoms with E-state index in [2.05, 4.69) is 15.0 Å². The summed E-state index contributed by atoms with van der Waals surface area (Å²) < 4.78 is 0. The third-order valence-electron chi connectivity index (χ3n) is 2.10. The molecule has 2 aromatic rings. The molecule has 6 nitrogen and oxygen atoms in total. The Labute approximate surface area is 108 Å². The highest BCUT2D eigenvalue weighted by atomic mass is 32.2. The van der Waals surface area contributed by atoms with Gasteiger partial charge in [0, 0.05) is 11.9 Å². The van der Waals surface area contributed by atoms with E-state index in [0.29, 0.717) is 15.9 Å². The van der Waals surface area contributed by atoms with Crippen LogP contribution in [0.3, 0.4) is 0 Å². The van der Waals surface area contributed by atoms with Crippen molar-refractivity contribution < 1.29 is 4.79 Å². The van der Waals surface area contributed by atoms with Crippen molar-refractivity contribution in [2.24, 2.45) is 5.73 Å². The molecule has 7 heteroatoms. The molecule has 0 saturated carbocycles. The molecular formula is C11H11N5OS. The lowest BCUT2D eigenvalue weighted by molar-refractivity contribution is 0.0997. The quantitative estimate of drug-likeness (QED) is 0.798. The number of hydrogen-bond donors (Lipinski definition) is 2. The fourth-order valence-electron chi connectivity index (χ4n) is 1.29. The van der Waals surface area contributed by atoms with Gasteiger partial charge in [-0.05, 0) is 30.8 Å². The number of hydrogen-bond acceptors (Lipinski definition) is 6. The molecule has 0 spiro atoms. The topological polar surface area (TPSA) is 108 Å². The first kappa shape index (κ1) is 12.3. The number of aryl methyl sites for hydroxylation is 1. The van der Waals surface area contributed by atoms with Gasteiger partial charge in [0.25, 0.3) is 5.91 Å². The van der Waals surface area contributed by atoms with Gasteiger partial charge in [-0.3, -0.25) is 4.79 Å². The van der Waals surface area contributed by atoms with Gasteiger partial charge in [-0.2, -0.15) is 0 Å². The van der Waals surface area contributed by atoms with Crippen molar-refractivity contribution >= 4 is 23.4 Å². The van der Waals surface area contributed by atoms with Gasteiger partial charge in [0.15, 0.2) is 5.16 Å². The second-order valence-electron chi connectivity index (χ2n) is 3.57. The Morgan fingerprint density at radius 2 is 2.17 bits per heavy atom. The smallest absolute Gasteiger partial charge is 0.251 e. The molecule has 0 aromatic carbocycles. The molecule has 0 bridgehead atoms. The van der Waals surface area contributed by atoms with Crippen LogP contribution < -0.4 is 11.5 Å². The molecular weight excluding hydrogens is 250 g/mol. The number of aromatic nitrogens is 3. The lowest BCUT2D eigenvalue weighted by atomic mass is 10.2. The number of anilines is 1. The number of carbonyl (C=O) groups is 1. The van der Waals surface area contributed by atoms with Gasteiger partial charge in [-0.1, -0.05) is 0 Å². The molecule has 0 unspecified atom stereocenters. The summed E-state index contributed by atoms with van der Waals surface area (Å²) >= 11 is 1.18. The number of amides is 1. The molecule has 0 radical (unpaired) electrons. The van der Waals surface area contributed by atoms with Gasteiger partial charge in [-0.25, -0.2) is 15.0 Å². The largest absolute Gasteiger partial charge is 0.397 e. The summed E-state index contributed by atoms with van der Waals surface area (Å²) in [6.07, 6.45) is 3.11. The summed E-state index contributed by atoms with van der Waals surface area (Å²) in [5.41, 5.74) is 12.3. The minimum Gasteiger partial charge on any atom is -0.397 e. The number of primary amides is 1. The second-order valence-corrected chi connectivity index (χ2v) is 4.52. The zero-order valence-electron chi connectivity index (χ0n) is 9.62. The van der Waals surface area contributed by atoms with Crippen molar-refractivity contribution in [3.05, 3.63) is 35.8 Å². The van der Waals surface area contributed by atoms with Gasteiger partial charge in [0.1, 0.15) is 5.03 Å². The predicted octanol–water partition coefficient (Wildman–Crippen LogP) is 1.01. The number of carbonyl (C=O) groups excluding carboxylic acids is 1. The van der Waals surface area contributed by atoms with Crippen molar-refractivity contribution in [2.45, 2.75) is 17.1 Å². The van der Waals surface area contributed by atoms with Crippen LogP contribution in [0.5, 0.6) is 0 Å². The van der Waals surface area contributed by atoms with Crippen LogP contribution in [0.25, 0.3) is 0 Å². The average molecular weight is 261 g/mol. The second kappa shape index (κ2) is 5.01. The molecule has 1 amide bonds. The Kier molecular flexibility index (Phi) is 3.42. The zero-order valence-corrected chi connectivity index (χ0v) is 10.4. The normalized spacial score (nSPS) is 10.3. The standard InChI is InChI=1S/C11H11N5OS/c1-6-2-3-14-11(16-6)18-10-8(9(13)17)4-7(12)5-15-10/h2-5H,12H2,1H3,(H2,13,17). The summed E-state index contributed by atoms with van der Waals surface area (Å²) in [5.74, 6) is -0.579. The van der Waals surface area contributed by atoms with Gasteiger partial charge >= 0.3 is 0 Å². The lowest BCUT2D eigenvalue weighted by Gasteiger charge is -2.05. The minimum atomic E-state index is -0.579. The summed E-state index contributed by atoms with van der Waals surface area (Å²) in [5, 5.41) is 0.956. The van der Waals surface area contributed by atoms with E-state index < -0.39 is 5.91 Å². The summed E-state index contributed by atoms with van der Waals surface area (Å²) in [7, 11) is 0. The molecule has 18 heavy (non-hydrogen) atoms. The van der Waals surface area contributed by atoms with Crippen LogP contribution in [0.1, 0.15) is 16.1 Å². The SMILES string of the molecule is Cc1ccnc(Sc2ncc(N)cc2C(N)=O)n1. The van der Waals surface area contributed by atoms with Crippen LogP contribution in [0.4, 0.5) is 5.69 Å². The molecule has 2 aromatic heterocycles. The molecule has 0 aliphatic heterocycles. The molecule has 4 N–H and O–H groups in total. The maximum absolute atomic E-state index is 11.3. The van der Waals surface area contributed by atoms with E-state index in [-0.39, 0.29) is 5.56 Å². The summed E-state index contributed by atoms with van der Waals surface area (Å²) in [6, 6.07) is 3.28. The Morgan fingerprint density at radius 1 is 1.39 bits per heavy atom. The third kappa shape index (κ3) is 2.75. The average Bonchev–Trinajstić information content (AvgIpc) is 2.31. The first-order valence-corrected chi connectivity index (χ1v) is 5.91. The van der Waals surface area contributed by atoms with Crippen molar-refractivity contribution in [3.8, 4) is 0 Å². The molecule has 0 aliphatic rings. The highest BCUT2D eigenvalue weighted by Gasteiger charge is 2.13. The molecule has 0 fully saturated rings. The molecule has 0 aliphatic carbocycles. The maximum atomic E-state index is 11.3. The van der Waals surface area contributed by atoms with Crippen molar-refractivity contribution in [2.75, 3.05) is 5.73 Å². The number of nitrogen functional groups attached to an aromatic ring is 1. The first-order valence-electron chi connectivity index (χ1n) is 5.09. The van der Waals surface area contributed by atoms with Gasteiger partial charge in [0.2, 0.25) is 0 Å². The van der Waals surface area contributed by atoms with E-state index in [0.717, 1.165) is 5.69 Å². The molecule has 92 valence electrons. The number of pyridine rings is 1. The van der Waals surface area contributed by atoms with E-state index in [1.54, 1.807) is 12.3 Å². The van der Waals surface area contributed by atoms with E-state index in [1.807, 2.05) is 6.92 Å². The lowest BCUT2D eigenvalue weighted by Crippen LogP contribution is -2.13. The van der Waals surface area contributed by atoms with Gasteiger partial charge in [0.05, 0.1) is 17.4 Å². The van der Waals surface area contributed by atoms with Crippen LogP contribution in [0.15, 0.2) is 34.7 Å². The van der Waals surface area contributed by atoms with Crippen molar-refractivity contribution in [1.29, 1.82) is 0 Å². The van der Waals surface area contributed by atoms with Crippen molar-refractivity contribution in [1.82, 2.24) is 15.0 Å². The maximum Gasteiger partial charge on any atom is 0.251 e. The number of nitrogens with two attached hydrogens (primary N) is 2. The Hall–Kier alpha value is -2.15. The number of rotatable bonds is 3. The molecule has 2 rings (SSSR count).